The van der Waals surface area contributed by atoms with Crippen LogP contribution in [0.25, 0.3) is 16.5 Å². The zero-order valence-electron chi connectivity index (χ0n) is 12.6. The van der Waals surface area contributed by atoms with Gasteiger partial charge >= 0.3 is 0 Å². The molecule has 3 aromatic rings. The molecule has 0 N–H and O–H groups in total. The molecular weight excluding hydrogens is 296 g/mol. The Morgan fingerprint density at radius 1 is 1.27 bits per heavy atom. The van der Waals surface area contributed by atoms with Crippen LogP contribution < -0.4 is 5.56 Å². The molecular formula is C16H16N4OS. The van der Waals surface area contributed by atoms with Crippen LogP contribution in [0.2, 0.25) is 0 Å². The van der Waals surface area contributed by atoms with Gasteiger partial charge in [0.15, 0.2) is 0 Å². The van der Waals surface area contributed by atoms with Crippen molar-refractivity contribution in [2.45, 2.75) is 6.92 Å². The lowest BCUT2D eigenvalue weighted by molar-refractivity contribution is 0.643. The van der Waals surface area contributed by atoms with Crippen LogP contribution in [0.15, 0.2) is 45.6 Å². The van der Waals surface area contributed by atoms with Gasteiger partial charge in [0.25, 0.3) is 5.56 Å². The highest BCUT2D eigenvalue weighted by Crippen LogP contribution is 2.30. The minimum atomic E-state index is -0.145. The molecule has 6 heteroatoms. The summed E-state index contributed by atoms with van der Waals surface area (Å²) in [5, 5.41) is 8.31. The van der Waals surface area contributed by atoms with Crippen LogP contribution in [0.1, 0.15) is 5.56 Å². The van der Waals surface area contributed by atoms with E-state index in [1.807, 2.05) is 55.6 Å². The fraction of sp³-hybridized carbons (Fsp3) is 0.188. The number of nitrogens with zero attached hydrogens (tertiary/aromatic N) is 4. The Hall–Kier alpha value is -2.47. The molecule has 0 aliphatic rings. The van der Waals surface area contributed by atoms with E-state index in [9.17, 15) is 4.79 Å². The van der Waals surface area contributed by atoms with E-state index in [0.29, 0.717) is 10.4 Å². The molecule has 2 aromatic heterocycles. The maximum Gasteiger partial charge on any atom is 0.282 e. The average Bonchev–Trinajstić information content (AvgIpc) is 2.91. The van der Waals surface area contributed by atoms with Gasteiger partial charge in [-0.15, -0.1) is 11.3 Å². The normalized spacial score (nSPS) is 11.4. The SMILES string of the molecule is Cc1ccc(-n2ncc3csc(/N=C/N(C)C)c3c2=O)cc1. The van der Waals surface area contributed by atoms with Gasteiger partial charge in [-0.1, -0.05) is 17.7 Å². The smallest absolute Gasteiger partial charge is 0.282 e. The van der Waals surface area contributed by atoms with Crippen molar-refractivity contribution in [1.82, 2.24) is 14.7 Å². The minimum absolute atomic E-state index is 0.145. The fourth-order valence-electron chi connectivity index (χ4n) is 2.08. The number of thiophene rings is 1. The van der Waals surface area contributed by atoms with E-state index in [2.05, 4.69) is 10.1 Å². The molecule has 2 heterocycles. The number of aryl methyl sites for hydroxylation is 1. The predicted molar refractivity (Wildman–Crippen MR) is 91.8 cm³/mol. The second-order valence-electron chi connectivity index (χ2n) is 5.28. The van der Waals surface area contributed by atoms with E-state index >= 15 is 0 Å². The van der Waals surface area contributed by atoms with Gasteiger partial charge in [-0.2, -0.15) is 9.78 Å². The van der Waals surface area contributed by atoms with Gasteiger partial charge in [0.05, 0.1) is 23.6 Å². The van der Waals surface area contributed by atoms with Crippen molar-refractivity contribution in [3.63, 3.8) is 0 Å². The Morgan fingerprint density at radius 3 is 2.68 bits per heavy atom. The highest BCUT2D eigenvalue weighted by Gasteiger charge is 2.11. The van der Waals surface area contributed by atoms with Gasteiger partial charge in [-0.25, -0.2) is 4.99 Å². The van der Waals surface area contributed by atoms with Crippen molar-refractivity contribution in [2.75, 3.05) is 14.1 Å². The summed E-state index contributed by atoms with van der Waals surface area (Å²) < 4.78 is 1.42. The molecule has 3 rings (SSSR count). The molecule has 0 amide bonds. The summed E-state index contributed by atoms with van der Waals surface area (Å²) in [6.07, 6.45) is 3.41. The predicted octanol–water partition coefficient (Wildman–Crippen LogP) is 2.98. The fourth-order valence-corrected chi connectivity index (χ4v) is 2.93. The van der Waals surface area contributed by atoms with Gasteiger partial charge in [0.2, 0.25) is 0 Å². The van der Waals surface area contributed by atoms with E-state index in [0.717, 1.165) is 16.6 Å². The third-order valence-electron chi connectivity index (χ3n) is 3.20. The summed E-state index contributed by atoms with van der Waals surface area (Å²) in [4.78, 5) is 19.0. The van der Waals surface area contributed by atoms with Crippen molar-refractivity contribution in [3.05, 3.63) is 51.8 Å². The molecule has 0 bridgehead atoms. The van der Waals surface area contributed by atoms with Crippen molar-refractivity contribution < 1.29 is 0 Å². The molecule has 0 saturated heterocycles. The maximum atomic E-state index is 12.8. The highest BCUT2D eigenvalue weighted by molar-refractivity contribution is 7.15. The van der Waals surface area contributed by atoms with Crippen LogP contribution >= 0.6 is 11.3 Å². The van der Waals surface area contributed by atoms with Gasteiger partial charge in [0.1, 0.15) is 5.00 Å². The third kappa shape index (κ3) is 2.65. The molecule has 0 radical (unpaired) electrons. The van der Waals surface area contributed by atoms with E-state index < -0.39 is 0 Å². The molecule has 22 heavy (non-hydrogen) atoms. The molecule has 112 valence electrons. The van der Waals surface area contributed by atoms with Gasteiger partial charge in [-0.05, 0) is 19.1 Å². The lowest BCUT2D eigenvalue weighted by Gasteiger charge is -2.05. The standard InChI is InChI=1S/C16H16N4OS/c1-11-4-6-13(7-5-11)20-16(21)14-12(8-18-20)9-22-15(14)17-10-19(2)3/h4-10H,1-3H3/b17-10+. The Bertz CT molecular complexity index is 891. The molecule has 0 unspecified atom stereocenters. The first-order chi connectivity index (χ1) is 10.6. The van der Waals surface area contributed by atoms with E-state index in [4.69, 9.17) is 0 Å². The Labute approximate surface area is 132 Å². The molecule has 1 aromatic carbocycles. The lowest BCUT2D eigenvalue weighted by Crippen LogP contribution is -2.20. The maximum absolute atomic E-state index is 12.8. The molecule has 0 aliphatic carbocycles. The lowest BCUT2D eigenvalue weighted by atomic mass is 10.2. The topological polar surface area (TPSA) is 50.5 Å². The van der Waals surface area contributed by atoms with Gasteiger partial charge < -0.3 is 4.90 Å². The zero-order chi connectivity index (χ0) is 15.7. The van der Waals surface area contributed by atoms with E-state index in [1.165, 1.54) is 16.0 Å². The van der Waals surface area contributed by atoms with Gasteiger partial charge in [0, 0.05) is 24.9 Å². The zero-order valence-corrected chi connectivity index (χ0v) is 13.5. The molecule has 0 saturated carbocycles. The Balaban J connectivity index is 2.18. The van der Waals surface area contributed by atoms with Crippen LogP contribution in [-0.4, -0.2) is 35.1 Å². The number of fused-ring (bicyclic) bond motifs is 1. The number of rotatable bonds is 3. The molecule has 0 atom stereocenters. The number of benzene rings is 1. The van der Waals surface area contributed by atoms with E-state index in [-0.39, 0.29) is 5.56 Å². The first-order valence-electron chi connectivity index (χ1n) is 6.83. The Morgan fingerprint density at radius 2 is 2.00 bits per heavy atom. The monoisotopic (exact) mass is 312 g/mol. The minimum Gasteiger partial charge on any atom is -0.369 e. The summed E-state index contributed by atoms with van der Waals surface area (Å²) in [6, 6.07) is 7.72. The summed E-state index contributed by atoms with van der Waals surface area (Å²) >= 11 is 1.45. The summed E-state index contributed by atoms with van der Waals surface area (Å²) in [6.45, 7) is 2.01. The van der Waals surface area contributed by atoms with Crippen molar-refractivity contribution in [2.24, 2.45) is 4.99 Å². The number of aromatic nitrogens is 2. The van der Waals surface area contributed by atoms with Crippen molar-refractivity contribution >= 4 is 33.4 Å². The Kier molecular flexibility index (Phi) is 3.77. The van der Waals surface area contributed by atoms with E-state index in [1.54, 1.807) is 12.5 Å². The third-order valence-corrected chi connectivity index (χ3v) is 4.11. The van der Waals surface area contributed by atoms with Crippen LogP contribution in [-0.2, 0) is 0 Å². The molecule has 0 spiro atoms. The second kappa shape index (κ2) is 5.73. The van der Waals surface area contributed by atoms with Crippen molar-refractivity contribution in [3.8, 4) is 5.69 Å². The first-order valence-corrected chi connectivity index (χ1v) is 7.71. The average molecular weight is 312 g/mol. The largest absolute Gasteiger partial charge is 0.369 e. The molecule has 0 fully saturated rings. The van der Waals surface area contributed by atoms with Crippen molar-refractivity contribution in [1.29, 1.82) is 0 Å². The van der Waals surface area contributed by atoms with Crippen LogP contribution in [0.4, 0.5) is 5.00 Å². The summed E-state index contributed by atoms with van der Waals surface area (Å²) in [7, 11) is 3.79. The van der Waals surface area contributed by atoms with Crippen LogP contribution in [0, 0.1) is 6.92 Å². The quantitative estimate of drug-likeness (QED) is 0.552. The molecule has 5 nitrogen and oxygen atoms in total. The summed E-state index contributed by atoms with van der Waals surface area (Å²) in [5.74, 6) is 0. The number of aliphatic imine (C=N–C) groups is 1. The summed E-state index contributed by atoms with van der Waals surface area (Å²) in [5.41, 5.74) is 1.75. The highest BCUT2D eigenvalue weighted by atomic mass is 32.1. The van der Waals surface area contributed by atoms with Gasteiger partial charge in [-0.3, -0.25) is 4.79 Å². The van der Waals surface area contributed by atoms with Crippen LogP contribution in [0.5, 0.6) is 0 Å². The molecule has 0 aliphatic heterocycles. The van der Waals surface area contributed by atoms with Crippen LogP contribution in [0.3, 0.4) is 0 Å². The first kappa shape index (κ1) is 14.5. The number of hydrogen-bond donors (Lipinski definition) is 0. The number of hydrogen-bond acceptors (Lipinski definition) is 4. The second-order valence-corrected chi connectivity index (χ2v) is 6.13.